The van der Waals surface area contributed by atoms with Gasteiger partial charge in [0, 0.05) is 6.42 Å². The first-order chi connectivity index (χ1) is 6.74. The van der Waals surface area contributed by atoms with Crippen molar-refractivity contribution in [3.8, 4) is 0 Å². The number of aryl methyl sites for hydroxylation is 1. The molecule has 1 unspecified atom stereocenters. The van der Waals surface area contributed by atoms with Gasteiger partial charge in [-0.15, -0.1) is 0 Å². The highest BCUT2D eigenvalue weighted by atomic mass is 32.1. The summed E-state index contributed by atoms with van der Waals surface area (Å²) in [5.41, 5.74) is 6.96. The lowest BCUT2D eigenvalue weighted by Gasteiger charge is -2.07. The standard InChI is InChI=1S/C11H17NOS/c1-2-3-10(12)11(13)5-4-9-6-7-14-8-9/h6-8,10H,2-5,12H2,1H3. The van der Waals surface area contributed by atoms with Crippen LogP contribution in [0.3, 0.4) is 0 Å². The van der Waals surface area contributed by atoms with E-state index in [1.807, 2.05) is 12.3 Å². The lowest BCUT2D eigenvalue weighted by Crippen LogP contribution is -2.30. The van der Waals surface area contributed by atoms with Gasteiger partial charge in [0.15, 0.2) is 0 Å². The number of carbonyl (C=O) groups excluding carboxylic acids is 1. The van der Waals surface area contributed by atoms with Gasteiger partial charge in [0.2, 0.25) is 0 Å². The fraction of sp³-hybridized carbons (Fsp3) is 0.545. The Balaban J connectivity index is 2.27. The van der Waals surface area contributed by atoms with Crippen molar-refractivity contribution < 1.29 is 4.79 Å². The van der Waals surface area contributed by atoms with Gasteiger partial charge in [-0.05, 0) is 35.2 Å². The predicted octanol–water partition coefficient (Wildman–Crippen LogP) is 2.38. The van der Waals surface area contributed by atoms with Gasteiger partial charge in [-0.25, -0.2) is 0 Å². The molecule has 0 radical (unpaired) electrons. The van der Waals surface area contributed by atoms with Gasteiger partial charge in [0.05, 0.1) is 6.04 Å². The molecule has 0 saturated heterocycles. The van der Waals surface area contributed by atoms with E-state index in [1.54, 1.807) is 11.3 Å². The molecule has 14 heavy (non-hydrogen) atoms. The average molecular weight is 211 g/mol. The molecule has 3 heteroatoms. The van der Waals surface area contributed by atoms with Crippen molar-refractivity contribution in [2.75, 3.05) is 0 Å². The Morgan fingerprint density at radius 1 is 1.64 bits per heavy atom. The first-order valence-electron chi connectivity index (χ1n) is 5.03. The van der Waals surface area contributed by atoms with Crippen molar-refractivity contribution in [2.24, 2.45) is 5.73 Å². The third-order valence-corrected chi connectivity index (χ3v) is 2.99. The topological polar surface area (TPSA) is 43.1 Å². The lowest BCUT2D eigenvalue weighted by atomic mass is 10.0. The van der Waals surface area contributed by atoms with E-state index in [-0.39, 0.29) is 11.8 Å². The maximum absolute atomic E-state index is 11.5. The zero-order valence-electron chi connectivity index (χ0n) is 8.53. The van der Waals surface area contributed by atoms with E-state index in [0.717, 1.165) is 19.3 Å². The number of thiophene rings is 1. The van der Waals surface area contributed by atoms with Crippen LogP contribution < -0.4 is 5.73 Å². The normalized spacial score (nSPS) is 12.7. The Hall–Kier alpha value is -0.670. The molecule has 0 aromatic carbocycles. The van der Waals surface area contributed by atoms with Crippen LogP contribution in [0.15, 0.2) is 16.8 Å². The molecule has 2 N–H and O–H groups in total. The third-order valence-electron chi connectivity index (χ3n) is 2.25. The van der Waals surface area contributed by atoms with Gasteiger partial charge < -0.3 is 5.73 Å². The fourth-order valence-corrected chi connectivity index (χ4v) is 2.06. The molecule has 0 bridgehead atoms. The third kappa shape index (κ3) is 3.60. The second kappa shape index (κ2) is 5.94. The maximum Gasteiger partial charge on any atom is 0.149 e. The van der Waals surface area contributed by atoms with E-state index in [9.17, 15) is 4.79 Å². The van der Waals surface area contributed by atoms with Crippen molar-refractivity contribution in [1.82, 2.24) is 0 Å². The molecule has 1 aromatic heterocycles. The summed E-state index contributed by atoms with van der Waals surface area (Å²) in [5.74, 6) is 0.193. The van der Waals surface area contributed by atoms with E-state index >= 15 is 0 Å². The first-order valence-corrected chi connectivity index (χ1v) is 5.97. The van der Waals surface area contributed by atoms with E-state index in [4.69, 9.17) is 5.73 Å². The summed E-state index contributed by atoms with van der Waals surface area (Å²) in [6.07, 6.45) is 3.20. The van der Waals surface area contributed by atoms with Gasteiger partial charge >= 0.3 is 0 Å². The number of Topliss-reactive ketones (excluding diaryl/α,β-unsaturated/α-hetero) is 1. The van der Waals surface area contributed by atoms with Crippen molar-refractivity contribution in [1.29, 1.82) is 0 Å². The summed E-state index contributed by atoms with van der Waals surface area (Å²) in [7, 11) is 0. The Kier molecular flexibility index (Phi) is 4.84. The molecule has 0 aliphatic carbocycles. The quantitative estimate of drug-likeness (QED) is 0.785. The molecule has 0 aliphatic heterocycles. The van der Waals surface area contributed by atoms with Crippen LogP contribution in [-0.4, -0.2) is 11.8 Å². The molecule has 0 amide bonds. The molecule has 1 heterocycles. The minimum Gasteiger partial charge on any atom is -0.322 e. The predicted molar refractivity (Wildman–Crippen MR) is 60.5 cm³/mol. The highest BCUT2D eigenvalue weighted by molar-refractivity contribution is 7.07. The number of hydrogen-bond acceptors (Lipinski definition) is 3. The molecular formula is C11H17NOS. The Morgan fingerprint density at radius 3 is 3.00 bits per heavy atom. The van der Waals surface area contributed by atoms with Crippen molar-refractivity contribution in [3.05, 3.63) is 22.4 Å². The smallest absolute Gasteiger partial charge is 0.149 e. The molecule has 0 aliphatic rings. The van der Waals surface area contributed by atoms with Gasteiger partial charge in [0.25, 0.3) is 0 Å². The van der Waals surface area contributed by atoms with E-state index < -0.39 is 0 Å². The minimum atomic E-state index is -0.251. The molecule has 1 atom stereocenters. The summed E-state index contributed by atoms with van der Waals surface area (Å²) in [6, 6.07) is 1.81. The van der Waals surface area contributed by atoms with Crippen LogP contribution in [0.25, 0.3) is 0 Å². The second-order valence-corrected chi connectivity index (χ2v) is 4.27. The van der Waals surface area contributed by atoms with Crippen LogP contribution in [0.5, 0.6) is 0 Å². The van der Waals surface area contributed by atoms with Crippen LogP contribution >= 0.6 is 11.3 Å². The van der Waals surface area contributed by atoms with Crippen LogP contribution in [-0.2, 0) is 11.2 Å². The summed E-state index contributed by atoms with van der Waals surface area (Å²) in [4.78, 5) is 11.5. The van der Waals surface area contributed by atoms with E-state index in [1.165, 1.54) is 5.56 Å². The average Bonchev–Trinajstić information content (AvgIpc) is 2.67. The Bertz CT molecular complexity index is 269. The Labute approximate surface area is 89.1 Å². The largest absolute Gasteiger partial charge is 0.322 e. The van der Waals surface area contributed by atoms with Gasteiger partial charge in [-0.3, -0.25) is 4.79 Å². The second-order valence-electron chi connectivity index (χ2n) is 3.49. The van der Waals surface area contributed by atoms with Crippen LogP contribution in [0, 0.1) is 0 Å². The number of ketones is 1. The zero-order valence-corrected chi connectivity index (χ0v) is 9.35. The van der Waals surface area contributed by atoms with Gasteiger partial charge in [-0.1, -0.05) is 13.3 Å². The van der Waals surface area contributed by atoms with Gasteiger partial charge in [0.1, 0.15) is 5.78 Å². The molecule has 2 nitrogen and oxygen atoms in total. The lowest BCUT2D eigenvalue weighted by molar-refractivity contribution is -0.120. The first kappa shape index (κ1) is 11.4. The summed E-state index contributed by atoms with van der Waals surface area (Å²) in [5, 5.41) is 4.12. The minimum absolute atomic E-state index is 0.193. The van der Waals surface area contributed by atoms with Gasteiger partial charge in [-0.2, -0.15) is 11.3 Å². The molecule has 0 saturated carbocycles. The van der Waals surface area contributed by atoms with Crippen molar-refractivity contribution in [3.63, 3.8) is 0 Å². The highest BCUT2D eigenvalue weighted by Crippen LogP contribution is 2.09. The molecule has 78 valence electrons. The van der Waals surface area contributed by atoms with Crippen LogP contribution in [0.4, 0.5) is 0 Å². The maximum atomic E-state index is 11.5. The SMILES string of the molecule is CCCC(N)C(=O)CCc1ccsc1. The molecular weight excluding hydrogens is 194 g/mol. The Morgan fingerprint density at radius 2 is 2.43 bits per heavy atom. The number of hydrogen-bond donors (Lipinski definition) is 1. The summed E-state index contributed by atoms with van der Waals surface area (Å²) >= 11 is 1.67. The van der Waals surface area contributed by atoms with E-state index in [2.05, 4.69) is 11.4 Å². The summed E-state index contributed by atoms with van der Waals surface area (Å²) in [6.45, 7) is 2.05. The van der Waals surface area contributed by atoms with Crippen LogP contribution in [0.2, 0.25) is 0 Å². The number of nitrogens with two attached hydrogens (primary N) is 1. The molecule has 0 fully saturated rings. The van der Waals surface area contributed by atoms with Crippen LogP contribution in [0.1, 0.15) is 31.7 Å². The van der Waals surface area contributed by atoms with Crippen molar-refractivity contribution in [2.45, 2.75) is 38.6 Å². The molecule has 0 spiro atoms. The monoisotopic (exact) mass is 211 g/mol. The summed E-state index contributed by atoms with van der Waals surface area (Å²) < 4.78 is 0. The molecule has 1 aromatic rings. The number of rotatable bonds is 6. The molecule has 1 rings (SSSR count). The number of carbonyl (C=O) groups is 1. The van der Waals surface area contributed by atoms with Crippen molar-refractivity contribution >= 4 is 17.1 Å². The highest BCUT2D eigenvalue weighted by Gasteiger charge is 2.11. The van der Waals surface area contributed by atoms with E-state index in [0.29, 0.717) is 6.42 Å². The zero-order chi connectivity index (χ0) is 10.4. The fourth-order valence-electron chi connectivity index (χ4n) is 1.36.